The minimum Gasteiger partial charge on any atom is -0.352 e. The van der Waals surface area contributed by atoms with Gasteiger partial charge in [-0.15, -0.1) is 0 Å². The summed E-state index contributed by atoms with van der Waals surface area (Å²) in [6, 6.07) is 0.355. The number of likely N-dealkylation sites (N-methyl/N-ethyl adjacent to an activating group) is 1. The number of carbonyl (C=O) groups is 2. The summed E-state index contributed by atoms with van der Waals surface area (Å²) in [6.07, 6.45) is 7.41. The zero-order valence-electron chi connectivity index (χ0n) is 11.0. The summed E-state index contributed by atoms with van der Waals surface area (Å²) in [5.41, 5.74) is 0. The fourth-order valence-electron chi connectivity index (χ4n) is 2.56. The molecule has 1 aliphatic carbocycles. The molecule has 1 fully saturated rings. The summed E-state index contributed by atoms with van der Waals surface area (Å²) in [5.74, 6) is 0.842. The van der Waals surface area contributed by atoms with Crippen molar-refractivity contribution in [3.05, 3.63) is 0 Å². The van der Waals surface area contributed by atoms with Gasteiger partial charge in [-0.1, -0.05) is 0 Å². The SMILES string of the molecule is CNCC(=O)NC1CCC(CCCC(=O)I)CC1. The number of rotatable bonds is 7. The lowest BCUT2D eigenvalue weighted by Gasteiger charge is -2.29. The van der Waals surface area contributed by atoms with Crippen molar-refractivity contribution in [1.82, 2.24) is 10.6 Å². The predicted octanol–water partition coefficient (Wildman–Crippen LogP) is 2.01. The standard InChI is InChI=1S/C13H23IN2O2/c1-15-9-13(18)16-11-7-5-10(6-8-11)3-2-4-12(14)17/h10-11,15H,2-9H2,1H3,(H,16,18). The van der Waals surface area contributed by atoms with Crippen LogP contribution in [0.1, 0.15) is 44.9 Å². The van der Waals surface area contributed by atoms with E-state index < -0.39 is 0 Å². The smallest absolute Gasteiger partial charge is 0.234 e. The maximum absolute atomic E-state index is 11.4. The summed E-state index contributed by atoms with van der Waals surface area (Å²) in [5, 5.41) is 5.92. The van der Waals surface area contributed by atoms with Gasteiger partial charge in [-0.05, 0) is 74.1 Å². The molecule has 1 rings (SSSR count). The molecule has 5 heteroatoms. The lowest BCUT2D eigenvalue weighted by molar-refractivity contribution is -0.121. The van der Waals surface area contributed by atoms with Crippen LogP contribution in [0.2, 0.25) is 0 Å². The highest BCUT2D eigenvalue weighted by atomic mass is 127. The van der Waals surface area contributed by atoms with Gasteiger partial charge in [0.25, 0.3) is 0 Å². The molecule has 0 aromatic heterocycles. The third-order valence-electron chi connectivity index (χ3n) is 3.53. The quantitative estimate of drug-likeness (QED) is 0.535. The number of halogens is 1. The molecule has 1 amide bonds. The first-order valence-corrected chi connectivity index (χ1v) is 7.82. The average molecular weight is 366 g/mol. The van der Waals surface area contributed by atoms with E-state index in [0.29, 0.717) is 19.0 Å². The highest BCUT2D eigenvalue weighted by molar-refractivity contribution is 14.1. The Hall–Kier alpha value is -0.170. The molecule has 2 N–H and O–H groups in total. The fraction of sp³-hybridized carbons (Fsp3) is 0.846. The first kappa shape index (κ1) is 15.9. The van der Waals surface area contributed by atoms with Gasteiger partial charge in [0, 0.05) is 12.5 Å². The second-order valence-corrected chi connectivity index (χ2v) is 6.27. The number of nitrogens with one attached hydrogen (secondary N) is 2. The third kappa shape index (κ3) is 6.68. The Morgan fingerprint density at radius 3 is 2.44 bits per heavy atom. The van der Waals surface area contributed by atoms with Crippen LogP contribution in [0.3, 0.4) is 0 Å². The third-order valence-corrected chi connectivity index (χ3v) is 4.07. The molecule has 0 aliphatic heterocycles. The molecular formula is C13H23IN2O2. The fourth-order valence-corrected chi connectivity index (χ4v) is 2.95. The first-order chi connectivity index (χ1) is 8.61. The largest absolute Gasteiger partial charge is 0.352 e. The normalized spacial score (nSPS) is 23.7. The maximum Gasteiger partial charge on any atom is 0.234 e. The molecule has 0 atom stereocenters. The highest BCUT2D eigenvalue weighted by Gasteiger charge is 2.21. The van der Waals surface area contributed by atoms with Crippen LogP contribution in [0.5, 0.6) is 0 Å². The monoisotopic (exact) mass is 366 g/mol. The van der Waals surface area contributed by atoms with Crippen molar-refractivity contribution >= 4 is 32.3 Å². The van der Waals surface area contributed by atoms with Crippen LogP contribution in [0.15, 0.2) is 0 Å². The van der Waals surface area contributed by atoms with Gasteiger partial charge in [0.15, 0.2) is 3.79 Å². The molecule has 0 radical (unpaired) electrons. The van der Waals surface area contributed by atoms with E-state index in [1.165, 1.54) is 12.8 Å². The molecule has 18 heavy (non-hydrogen) atoms. The summed E-state index contributed by atoms with van der Waals surface area (Å²) in [4.78, 5) is 22.3. The van der Waals surface area contributed by atoms with Crippen LogP contribution < -0.4 is 10.6 Å². The minimum absolute atomic E-state index is 0.0939. The first-order valence-electron chi connectivity index (χ1n) is 6.74. The lowest BCUT2D eigenvalue weighted by atomic mass is 9.83. The Bertz CT molecular complexity index is 276. The van der Waals surface area contributed by atoms with Gasteiger partial charge in [-0.2, -0.15) is 0 Å². The zero-order valence-corrected chi connectivity index (χ0v) is 13.2. The van der Waals surface area contributed by atoms with Crippen LogP contribution in [0.25, 0.3) is 0 Å². The zero-order chi connectivity index (χ0) is 13.4. The van der Waals surface area contributed by atoms with Gasteiger partial charge in [0.1, 0.15) is 0 Å². The van der Waals surface area contributed by atoms with Crippen LogP contribution >= 0.6 is 22.6 Å². The van der Waals surface area contributed by atoms with E-state index in [-0.39, 0.29) is 9.70 Å². The predicted molar refractivity (Wildman–Crippen MR) is 80.7 cm³/mol. The number of carbonyl (C=O) groups excluding carboxylic acids is 2. The highest BCUT2D eigenvalue weighted by Crippen LogP contribution is 2.28. The number of hydrogen-bond donors (Lipinski definition) is 2. The summed E-state index contributed by atoms with van der Waals surface area (Å²) in [7, 11) is 1.78. The average Bonchev–Trinajstić information content (AvgIpc) is 2.31. The van der Waals surface area contributed by atoms with Crippen molar-refractivity contribution in [2.75, 3.05) is 13.6 Å². The van der Waals surface area contributed by atoms with Gasteiger partial charge in [-0.25, -0.2) is 0 Å². The van der Waals surface area contributed by atoms with E-state index in [2.05, 4.69) is 10.6 Å². The van der Waals surface area contributed by atoms with E-state index in [0.717, 1.165) is 31.6 Å². The molecule has 1 aliphatic rings. The van der Waals surface area contributed by atoms with Crippen molar-refractivity contribution < 1.29 is 9.59 Å². The van der Waals surface area contributed by atoms with E-state index in [4.69, 9.17) is 0 Å². The minimum atomic E-state index is 0.0939. The molecule has 0 bridgehead atoms. The van der Waals surface area contributed by atoms with Crippen molar-refractivity contribution in [3.8, 4) is 0 Å². The summed E-state index contributed by atoms with van der Waals surface area (Å²) in [6.45, 7) is 0.400. The van der Waals surface area contributed by atoms with E-state index in [9.17, 15) is 9.59 Å². The van der Waals surface area contributed by atoms with Crippen LogP contribution in [0.4, 0.5) is 0 Å². The molecule has 104 valence electrons. The Balaban J connectivity index is 2.12. The molecule has 4 nitrogen and oxygen atoms in total. The van der Waals surface area contributed by atoms with Gasteiger partial charge >= 0.3 is 0 Å². The molecular weight excluding hydrogens is 343 g/mol. The van der Waals surface area contributed by atoms with E-state index in [1.54, 1.807) is 7.05 Å². The Kier molecular flexibility index (Phi) is 7.81. The van der Waals surface area contributed by atoms with Gasteiger partial charge in [-0.3, -0.25) is 9.59 Å². The van der Waals surface area contributed by atoms with Crippen LogP contribution in [0, 0.1) is 5.92 Å². The molecule has 0 unspecified atom stereocenters. The topological polar surface area (TPSA) is 58.2 Å². The van der Waals surface area contributed by atoms with Gasteiger partial charge < -0.3 is 10.6 Å². The summed E-state index contributed by atoms with van der Waals surface area (Å²) >= 11 is 1.87. The van der Waals surface area contributed by atoms with Gasteiger partial charge in [0.05, 0.1) is 6.54 Å². The van der Waals surface area contributed by atoms with E-state index in [1.807, 2.05) is 22.6 Å². The molecule has 0 heterocycles. The maximum atomic E-state index is 11.4. The Morgan fingerprint density at radius 1 is 1.22 bits per heavy atom. The molecule has 0 aromatic carbocycles. The van der Waals surface area contributed by atoms with Crippen molar-refractivity contribution in [2.24, 2.45) is 5.92 Å². The molecule has 1 saturated carbocycles. The second-order valence-electron chi connectivity index (χ2n) is 5.06. The lowest BCUT2D eigenvalue weighted by Crippen LogP contribution is -2.41. The van der Waals surface area contributed by atoms with Crippen molar-refractivity contribution in [3.63, 3.8) is 0 Å². The van der Waals surface area contributed by atoms with Crippen molar-refractivity contribution in [1.29, 1.82) is 0 Å². The van der Waals surface area contributed by atoms with E-state index >= 15 is 0 Å². The molecule has 0 aromatic rings. The number of amides is 1. The second kappa shape index (κ2) is 8.85. The Morgan fingerprint density at radius 2 is 1.89 bits per heavy atom. The summed E-state index contributed by atoms with van der Waals surface area (Å²) < 4.78 is 0.264. The number of hydrogen-bond acceptors (Lipinski definition) is 3. The van der Waals surface area contributed by atoms with Crippen LogP contribution in [-0.4, -0.2) is 29.3 Å². The molecule has 0 spiro atoms. The molecule has 0 saturated heterocycles. The van der Waals surface area contributed by atoms with Gasteiger partial charge in [0.2, 0.25) is 5.91 Å². The Labute approximate surface area is 123 Å². The van der Waals surface area contributed by atoms with Crippen molar-refractivity contribution in [2.45, 2.75) is 51.0 Å². The van der Waals surface area contributed by atoms with Crippen LogP contribution in [-0.2, 0) is 9.59 Å².